The summed E-state index contributed by atoms with van der Waals surface area (Å²) in [5, 5.41) is 7.55. The number of halogens is 2. The molecule has 1 atom stereocenters. The number of aromatic nitrogens is 2. The van der Waals surface area contributed by atoms with Gasteiger partial charge in [-0.3, -0.25) is 4.68 Å². The van der Waals surface area contributed by atoms with E-state index in [1.54, 1.807) is 16.8 Å². The predicted molar refractivity (Wildman–Crippen MR) is 71.5 cm³/mol. The zero-order valence-electron chi connectivity index (χ0n) is 11.4. The second-order valence-electron chi connectivity index (χ2n) is 4.53. The van der Waals surface area contributed by atoms with Crippen molar-refractivity contribution in [3.05, 3.63) is 47.8 Å². The van der Waals surface area contributed by atoms with Gasteiger partial charge in [0.1, 0.15) is 5.75 Å². The van der Waals surface area contributed by atoms with Gasteiger partial charge in [-0.2, -0.15) is 13.9 Å². The van der Waals surface area contributed by atoms with Crippen molar-refractivity contribution in [2.24, 2.45) is 7.05 Å². The smallest absolute Gasteiger partial charge is 0.387 e. The molecule has 2 rings (SSSR count). The number of benzene rings is 1. The molecule has 6 heteroatoms. The van der Waals surface area contributed by atoms with Gasteiger partial charge in [0.25, 0.3) is 0 Å². The summed E-state index contributed by atoms with van der Waals surface area (Å²) in [4.78, 5) is 0. The van der Waals surface area contributed by atoms with E-state index in [1.807, 2.05) is 32.3 Å². The minimum Gasteiger partial charge on any atom is -0.435 e. The molecule has 0 saturated heterocycles. The molecule has 1 aromatic heterocycles. The van der Waals surface area contributed by atoms with Crippen LogP contribution in [0.5, 0.6) is 5.75 Å². The fourth-order valence-electron chi connectivity index (χ4n) is 1.89. The molecule has 0 radical (unpaired) electrons. The molecule has 4 nitrogen and oxygen atoms in total. The van der Waals surface area contributed by atoms with E-state index < -0.39 is 6.61 Å². The highest BCUT2D eigenvalue weighted by Gasteiger charge is 2.09. The highest BCUT2D eigenvalue weighted by molar-refractivity contribution is 5.30. The van der Waals surface area contributed by atoms with Crippen molar-refractivity contribution < 1.29 is 13.5 Å². The Labute approximate surface area is 116 Å². The summed E-state index contributed by atoms with van der Waals surface area (Å²) in [7, 11) is 1.86. The Hall–Kier alpha value is -1.95. The SMILES string of the molecule is CC(NCc1ccn(C)n1)c1cccc(OC(F)F)c1. The molecular formula is C14H17F2N3O. The van der Waals surface area contributed by atoms with Gasteiger partial charge in [-0.05, 0) is 30.7 Å². The minimum atomic E-state index is -2.80. The van der Waals surface area contributed by atoms with Crippen molar-refractivity contribution in [2.75, 3.05) is 0 Å². The Morgan fingerprint density at radius 3 is 2.80 bits per heavy atom. The van der Waals surface area contributed by atoms with Crippen molar-refractivity contribution in [2.45, 2.75) is 26.1 Å². The molecule has 0 bridgehead atoms. The molecule has 0 aliphatic rings. The van der Waals surface area contributed by atoms with Crippen molar-refractivity contribution in [1.82, 2.24) is 15.1 Å². The first-order valence-electron chi connectivity index (χ1n) is 6.31. The first-order chi connectivity index (χ1) is 9.54. The molecule has 1 aromatic carbocycles. The van der Waals surface area contributed by atoms with E-state index in [1.165, 1.54) is 6.07 Å². The molecule has 0 fully saturated rings. The molecule has 1 heterocycles. The maximum absolute atomic E-state index is 12.2. The van der Waals surface area contributed by atoms with Gasteiger partial charge in [-0.25, -0.2) is 0 Å². The Balaban J connectivity index is 1.96. The summed E-state index contributed by atoms with van der Waals surface area (Å²) < 4.78 is 30.5. The van der Waals surface area contributed by atoms with E-state index in [9.17, 15) is 8.78 Å². The second kappa shape index (κ2) is 6.47. The summed E-state index contributed by atoms with van der Waals surface area (Å²) in [5.74, 6) is 0.170. The van der Waals surface area contributed by atoms with E-state index in [0.717, 1.165) is 11.3 Å². The number of rotatable bonds is 6. The maximum Gasteiger partial charge on any atom is 0.387 e. The van der Waals surface area contributed by atoms with Gasteiger partial charge in [0.05, 0.1) is 5.69 Å². The van der Waals surface area contributed by atoms with Crippen molar-refractivity contribution in [1.29, 1.82) is 0 Å². The van der Waals surface area contributed by atoms with Crippen LogP contribution in [0.15, 0.2) is 36.5 Å². The molecule has 108 valence electrons. The molecule has 0 aliphatic carbocycles. The Morgan fingerprint density at radius 1 is 1.35 bits per heavy atom. The lowest BCUT2D eigenvalue weighted by molar-refractivity contribution is -0.0499. The monoisotopic (exact) mass is 281 g/mol. The molecule has 1 unspecified atom stereocenters. The lowest BCUT2D eigenvalue weighted by Crippen LogP contribution is -2.18. The number of nitrogens with zero attached hydrogens (tertiary/aromatic N) is 2. The number of nitrogens with one attached hydrogen (secondary N) is 1. The molecule has 0 saturated carbocycles. The van der Waals surface area contributed by atoms with Crippen LogP contribution in [0.3, 0.4) is 0 Å². The predicted octanol–water partition coefficient (Wildman–Crippen LogP) is 2.87. The van der Waals surface area contributed by atoms with Crippen molar-refractivity contribution >= 4 is 0 Å². The van der Waals surface area contributed by atoms with Crippen molar-refractivity contribution in [3.63, 3.8) is 0 Å². The highest BCUT2D eigenvalue weighted by atomic mass is 19.3. The van der Waals surface area contributed by atoms with Gasteiger partial charge in [-0.15, -0.1) is 0 Å². The number of alkyl halides is 2. The fourth-order valence-corrected chi connectivity index (χ4v) is 1.89. The van der Waals surface area contributed by atoms with Gasteiger partial charge < -0.3 is 10.1 Å². The van der Waals surface area contributed by atoms with Gasteiger partial charge >= 0.3 is 6.61 Å². The van der Waals surface area contributed by atoms with Gasteiger partial charge in [-0.1, -0.05) is 12.1 Å². The largest absolute Gasteiger partial charge is 0.435 e. The third-order valence-electron chi connectivity index (χ3n) is 2.94. The van der Waals surface area contributed by atoms with Crippen LogP contribution in [0.1, 0.15) is 24.2 Å². The van der Waals surface area contributed by atoms with E-state index >= 15 is 0 Å². The van der Waals surface area contributed by atoms with Crippen LogP contribution in [0.4, 0.5) is 8.78 Å². The first kappa shape index (κ1) is 14.5. The zero-order chi connectivity index (χ0) is 14.5. The normalized spacial score (nSPS) is 12.7. The third kappa shape index (κ3) is 4.03. The number of hydrogen-bond donors (Lipinski definition) is 1. The van der Waals surface area contributed by atoms with E-state index in [2.05, 4.69) is 15.2 Å². The van der Waals surface area contributed by atoms with Crippen LogP contribution < -0.4 is 10.1 Å². The summed E-state index contributed by atoms with van der Waals surface area (Å²) in [6.45, 7) is -0.228. The van der Waals surface area contributed by atoms with Crippen LogP contribution >= 0.6 is 0 Å². The van der Waals surface area contributed by atoms with Crippen LogP contribution in [0.2, 0.25) is 0 Å². The molecule has 1 N–H and O–H groups in total. The molecule has 0 amide bonds. The fraction of sp³-hybridized carbons (Fsp3) is 0.357. The summed E-state index contributed by atoms with van der Waals surface area (Å²) in [5.41, 5.74) is 1.82. The number of ether oxygens (including phenoxy) is 1. The lowest BCUT2D eigenvalue weighted by atomic mass is 10.1. The van der Waals surface area contributed by atoms with Gasteiger partial charge in [0.2, 0.25) is 0 Å². The molecule has 2 aromatic rings. The summed E-state index contributed by atoms with van der Waals surface area (Å²) >= 11 is 0. The van der Waals surface area contributed by atoms with Crippen LogP contribution in [0.25, 0.3) is 0 Å². The van der Waals surface area contributed by atoms with E-state index in [0.29, 0.717) is 6.54 Å². The topological polar surface area (TPSA) is 39.1 Å². The first-order valence-corrected chi connectivity index (χ1v) is 6.31. The average Bonchev–Trinajstić information content (AvgIpc) is 2.81. The highest BCUT2D eigenvalue weighted by Crippen LogP contribution is 2.20. The molecule has 20 heavy (non-hydrogen) atoms. The lowest BCUT2D eigenvalue weighted by Gasteiger charge is -2.14. The molecule has 0 aliphatic heterocycles. The second-order valence-corrected chi connectivity index (χ2v) is 4.53. The van der Waals surface area contributed by atoms with Crippen LogP contribution in [-0.4, -0.2) is 16.4 Å². The standard InChI is InChI=1S/C14H17F2N3O/c1-10(17-9-12-6-7-19(2)18-12)11-4-3-5-13(8-11)20-14(15)16/h3-8,10,14,17H,9H2,1-2H3. The summed E-state index contributed by atoms with van der Waals surface area (Å²) in [6.07, 6.45) is 1.87. The molecule has 0 spiro atoms. The summed E-state index contributed by atoms with van der Waals surface area (Å²) in [6, 6.07) is 8.64. The Morgan fingerprint density at radius 2 is 2.15 bits per heavy atom. The zero-order valence-corrected chi connectivity index (χ0v) is 11.4. The maximum atomic E-state index is 12.2. The average molecular weight is 281 g/mol. The van der Waals surface area contributed by atoms with Crippen LogP contribution in [-0.2, 0) is 13.6 Å². The van der Waals surface area contributed by atoms with Crippen LogP contribution in [0, 0.1) is 0 Å². The Bertz CT molecular complexity index is 557. The van der Waals surface area contributed by atoms with Gasteiger partial charge in [0.15, 0.2) is 0 Å². The van der Waals surface area contributed by atoms with E-state index in [-0.39, 0.29) is 11.8 Å². The minimum absolute atomic E-state index is 0.0122. The molecular weight excluding hydrogens is 264 g/mol. The Kier molecular flexibility index (Phi) is 4.68. The van der Waals surface area contributed by atoms with Crippen molar-refractivity contribution in [3.8, 4) is 5.75 Å². The quantitative estimate of drug-likeness (QED) is 0.885. The van der Waals surface area contributed by atoms with E-state index in [4.69, 9.17) is 0 Å². The van der Waals surface area contributed by atoms with Gasteiger partial charge in [0, 0.05) is 25.8 Å². The number of aryl methyl sites for hydroxylation is 1. The number of hydrogen-bond acceptors (Lipinski definition) is 3. The third-order valence-corrected chi connectivity index (χ3v) is 2.94.